The highest BCUT2D eigenvalue weighted by molar-refractivity contribution is 5.31. The molecule has 0 radical (unpaired) electrons. The van der Waals surface area contributed by atoms with Crippen molar-refractivity contribution in [1.29, 1.82) is 0 Å². The normalized spacial score (nSPS) is 10.5. The fourth-order valence-corrected chi connectivity index (χ4v) is 2.02. The molecule has 3 nitrogen and oxygen atoms in total. The Bertz CT molecular complexity index is 523. The van der Waals surface area contributed by atoms with Crippen molar-refractivity contribution in [3.8, 4) is 11.6 Å². The van der Waals surface area contributed by atoms with Crippen LogP contribution in [0.25, 0.3) is 0 Å². The van der Waals surface area contributed by atoms with Gasteiger partial charge < -0.3 is 10.1 Å². The maximum atomic E-state index is 5.79. The van der Waals surface area contributed by atoms with Crippen LogP contribution in [0.2, 0.25) is 0 Å². The molecule has 0 bridgehead atoms. The average Bonchev–Trinajstić information content (AvgIpc) is 2.47. The lowest BCUT2D eigenvalue weighted by atomic mass is 10.1. The van der Waals surface area contributed by atoms with E-state index in [1.165, 1.54) is 18.4 Å². The van der Waals surface area contributed by atoms with E-state index < -0.39 is 0 Å². The summed E-state index contributed by atoms with van der Waals surface area (Å²) in [5.74, 6) is 1.47. The first-order chi connectivity index (χ1) is 9.81. The van der Waals surface area contributed by atoms with E-state index in [-0.39, 0.29) is 0 Å². The summed E-state index contributed by atoms with van der Waals surface area (Å²) in [6.07, 6.45) is 3.58. The molecule has 1 N–H and O–H groups in total. The molecule has 0 aliphatic heterocycles. The third-order valence-electron chi connectivity index (χ3n) is 3.10. The lowest BCUT2D eigenvalue weighted by molar-refractivity contribution is 0.460. The van der Waals surface area contributed by atoms with Crippen LogP contribution in [0.15, 0.2) is 42.5 Å². The van der Waals surface area contributed by atoms with Gasteiger partial charge in [0.15, 0.2) is 0 Å². The van der Waals surface area contributed by atoms with Crippen LogP contribution in [-0.4, -0.2) is 12.0 Å². The predicted molar refractivity (Wildman–Crippen MR) is 82.1 cm³/mol. The van der Waals surface area contributed by atoms with Gasteiger partial charge in [-0.2, -0.15) is 0 Å². The summed E-state index contributed by atoms with van der Waals surface area (Å²) < 4.78 is 5.79. The minimum absolute atomic E-state index is 0.638. The Labute approximate surface area is 121 Å². The molecule has 3 heteroatoms. The molecule has 0 amide bonds. The van der Waals surface area contributed by atoms with Gasteiger partial charge >= 0.3 is 0 Å². The van der Waals surface area contributed by atoms with Crippen LogP contribution >= 0.6 is 0 Å². The zero-order valence-corrected chi connectivity index (χ0v) is 12.2. The largest absolute Gasteiger partial charge is 0.439 e. The van der Waals surface area contributed by atoms with E-state index in [2.05, 4.69) is 29.4 Å². The molecule has 106 valence electrons. The molecule has 0 saturated carbocycles. The molecule has 0 unspecified atom stereocenters. The molecule has 1 aromatic heterocycles. The smallest absolute Gasteiger partial charge is 0.219 e. The van der Waals surface area contributed by atoms with Crippen LogP contribution in [0.5, 0.6) is 11.6 Å². The molecule has 1 aromatic carbocycles. The topological polar surface area (TPSA) is 34.1 Å². The Hall–Kier alpha value is -1.87. The number of nitrogens with zero attached hydrogens (tertiary/aromatic N) is 1. The summed E-state index contributed by atoms with van der Waals surface area (Å²) in [5.41, 5.74) is 2.33. The molecule has 20 heavy (non-hydrogen) atoms. The van der Waals surface area contributed by atoms with Crippen LogP contribution in [0.4, 0.5) is 0 Å². The molecule has 0 fully saturated rings. The summed E-state index contributed by atoms with van der Waals surface area (Å²) in [7, 11) is 1.91. The number of unbranched alkanes of at least 4 members (excludes halogenated alkanes) is 1. The first-order valence-corrected chi connectivity index (χ1v) is 7.19. The summed E-state index contributed by atoms with van der Waals surface area (Å²) in [5, 5.41) is 3.08. The number of pyridine rings is 1. The highest BCUT2D eigenvalue weighted by Crippen LogP contribution is 2.20. The Morgan fingerprint density at radius 1 is 1.10 bits per heavy atom. The minimum Gasteiger partial charge on any atom is -0.439 e. The predicted octanol–water partition coefficient (Wildman–Crippen LogP) is 3.94. The van der Waals surface area contributed by atoms with E-state index in [1.807, 2.05) is 37.4 Å². The van der Waals surface area contributed by atoms with Gasteiger partial charge in [0.05, 0.1) is 5.69 Å². The lowest BCUT2D eigenvalue weighted by Crippen LogP contribution is -2.06. The van der Waals surface area contributed by atoms with Gasteiger partial charge in [0, 0.05) is 12.6 Å². The molecule has 0 spiro atoms. The van der Waals surface area contributed by atoms with Crippen LogP contribution in [0.1, 0.15) is 31.0 Å². The van der Waals surface area contributed by atoms with Crippen molar-refractivity contribution >= 4 is 0 Å². The van der Waals surface area contributed by atoms with Gasteiger partial charge in [-0.15, -0.1) is 0 Å². The number of aryl methyl sites for hydroxylation is 1. The zero-order valence-electron chi connectivity index (χ0n) is 12.2. The molecule has 2 aromatic rings. The van der Waals surface area contributed by atoms with Gasteiger partial charge in [0.2, 0.25) is 5.88 Å². The van der Waals surface area contributed by atoms with E-state index in [1.54, 1.807) is 0 Å². The zero-order chi connectivity index (χ0) is 14.2. The van der Waals surface area contributed by atoms with Gasteiger partial charge in [-0.05, 0) is 43.7 Å². The summed E-state index contributed by atoms with van der Waals surface area (Å²) >= 11 is 0. The van der Waals surface area contributed by atoms with Crippen molar-refractivity contribution < 1.29 is 4.74 Å². The van der Waals surface area contributed by atoms with Crippen molar-refractivity contribution in [2.24, 2.45) is 0 Å². The van der Waals surface area contributed by atoms with Crippen LogP contribution < -0.4 is 10.1 Å². The Morgan fingerprint density at radius 2 is 1.90 bits per heavy atom. The van der Waals surface area contributed by atoms with Gasteiger partial charge in [-0.25, -0.2) is 4.98 Å². The van der Waals surface area contributed by atoms with E-state index in [0.29, 0.717) is 5.88 Å². The number of aromatic nitrogens is 1. The Balaban J connectivity index is 2.00. The fraction of sp³-hybridized carbons (Fsp3) is 0.353. The molecular weight excluding hydrogens is 248 g/mol. The third kappa shape index (κ3) is 4.35. The second-order valence-corrected chi connectivity index (χ2v) is 4.85. The third-order valence-corrected chi connectivity index (χ3v) is 3.10. The van der Waals surface area contributed by atoms with E-state index in [0.717, 1.165) is 24.4 Å². The molecule has 2 rings (SSSR count). The highest BCUT2D eigenvalue weighted by atomic mass is 16.5. The first kappa shape index (κ1) is 14.5. The van der Waals surface area contributed by atoms with Crippen molar-refractivity contribution in [2.45, 2.75) is 32.7 Å². The van der Waals surface area contributed by atoms with E-state index >= 15 is 0 Å². The van der Waals surface area contributed by atoms with Crippen molar-refractivity contribution in [3.63, 3.8) is 0 Å². The molecule has 0 atom stereocenters. The second kappa shape index (κ2) is 7.65. The number of hydrogen-bond donors (Lipinski definition) is 1. The van der Waals surface area contributed by atoms with E-state index in [4.69, 9.17) is 4.74 Å². The van der Waals surface area contributed by atoms with Gasteiger partial charge in [-0.1, -0.05) is 31.5 Å². The summed E-state index contributed by atoms with van der Waals surface area (Å²) in [4.78, 5) is 4.45. The molecule has 0 saturated heterocycles. The SMILES string of the molecule is CCCCc1ccc(Oc2cccc(CNC)n2)cc1. The van der Waals surface area contributed by atoms with Crippen molar-refractivity contribution in [2.75, 3.05) is 7.05 Å². The Morgan fingerprint density at radius 3 is 2.60 bits per heavy atom. The lowest BCUT2D eigenvalue weighted by Gasteiger charge is -2.07. The standard InChI is InChI=1S/C17H22N2O/c1-3-4-6-14-9-11-16(12-10-14)20-17-8-5-7-15(19-17)13-18-2/h5,7-12,18H,3-4,6,13H2,1-2H3. The second-order valence-electron chi connectivity index (χ2n) is 4.85. The maximum absolute atomic E-state index is 5.79. The highest BCUT2D eigenvalue weighted by Gasteiger charge is 2.01. The molecule has 0 aliphatic rings. The van der Waals surface area contributed by atoms with Crippen LogP contribution in [0.3, 0.4) is 0 Å². The first-order valence-electron chi connectivity index (χ1n) is 7.19. The number of ether oxygens (including phenoxy) is 1. The van der Waals surface area contributed by atoms with E-state index in [9.17, 15) is 0 Å². The monoisotopic (exact) mass is 270 g/mol. The van der Waals surface area contributed by atoms with Gasteiger partial charge in [0.1, 0.15) is 5.75 Å². The van der Waals surface area contributed by atoms with Crippen molar-refractivity contribution in [3.05, 3.63) is 53.7 Å². The minimum atomic E-state index is 0.638. The average molecular weight is 270 g/mol. The number of hydrogen-bond acceptors (Lipinski definition) is 3. The number of benzene rings is 1. The molecule has 0 aliphatic carbocycles. The quantitative estimate of drug-likeness (QED) is 0.827. The molecule has 1 heterocycles. The summed E-state index contributed by atoms with van der Waals surface area (Å²) in [6, 6.07) is 14.1. The number of rotatable bonds is 7. The van der Waals surface area contributed by atoms with Gasteiger partial charge in [0.25, 0.3) is 0 Å². The fourth-order valence-electron chi connectivity index (χ4n) is 2.02. The van der Waals surface area contributed by atoms with Crippen molar-refractivity contribution in [1.82, 2.24) is 10.3 Å². The summed E-state index contributed by atoms with van der Waals surface area (Å²) in [6.45, 7) is 2.95. The van der Waals surface area contributed by atoms with Crippen LogP contribution in [-0.2, 0) is 13.0 Å². The number of nitrogens with one attached hydrogen (secondary N) is 1. The van der Waals surface area contributed by atoms with Crippen LogP contribution in [0, 0.1) is 0 Å². The molecular formula is C17H22N2O. The van der Waals surface area contributed by atoms with Gasteiger partial charge in [-0.3, -0.25) is 0 Å². The maximum Gasteiger partial charge on any atom is 0.219 e. The Kier molecular flexibility index (Phi) is 5.56.